The Hall–Kier alpha value is -2.57. The van der Waals surface area contributed by atoms with E-state index >= 15 is 0 Å². The number of hydrogen-bond donors (Lipinski definition) is 0. The van der Waals surface area contributed by atoms with Gasteiger partial charge >= 0.3 is 24.5 Å². The van der Waals surface area contributed by atoms with E-state index in [1.807, 2.05) is 0 Å². The zero-order valence-electron chi connectivity index (χ0n) is 16.7. The van der Waals surface area contributed by atoms with Gasteiger partial charge in [-0.15, -0.1) is 0 Å². The predicted molar refractivity (Wildman–Crippen MR) is 93.7 cm³/mol. The molecule has 8 nitrogen and oxygen atoms in total. The molecular formula is C15H12F9N3O5S2. The number of alkyl halides is 9. The van der Waals surface area contributed by atoms with E-state index in [0.717, 1.165) is 7.05 Å². The van der Waals surface area contributed by atoms with Gasteiger partial charge < -0.3 is 9.47 Å². The highest BCUT2D eigenvalue weighted by Crippen LogP contribution is 2.40. The Bertz CT molecular complexity index is 1160. The van der Waals surface area contributed by atoms with Crippen LogP contribution < -0.4 is 4.74 Å². The Kier molecular flexibility index (Phi) is 7.51. The van der Waals surface area contributed by atoms with E-state index in [9.17, 15) is 52.7 Å². The van der Waals surface area contributed by atoms with Crippen molar-refractivity contribution in [1.82, 2.24) is 14.8 Å². The number of rotatable bonds is 7. The summed E-state index contributed by atoms with van der Waals surface area (Å²) in [5.41, 5.74) is -5.28. The van der Waals surface area contributed by atoms with Gasteiger partial charge in [-0.25, -0.2) is 22.9 Å². The lowest BCUT2D eigenvalue weighted by Crippen LogP contribution is -2.21. The SMILES string of the molecule is CCOC(=O)c1sc(S(=O)(=O)Cc2c(C(F)(F)F)nn(C)c2OCC(F)(F)F)nc1C(F)(F)F. The van der Waals surface area contributed by atoms with Crippen molar-refractivity contribution in [3.05, 3.63) is 21.8 Å². The summed E-state index contributed by atoms with van der Waals surface area (Å²) in [6.45, 7) is -1.26. The van der Waals surface area contributed by atoms with Gasteiger partial charge in [-0.1, -0.05) is 11.3 Å². The first-order valence-corrected chi connectivity index (χ1v) is 11.0. The number of aromatic nitrogens is 3. The molecule has 0 aliphatic carbocycles. The van der Waals surface area contributed by atoms with Gasteiger partial charge in [0.2, 0.25) is 20.1 Å². The Morgan fingerprint density at radius 1 is 1.03 bits per heavy atom. The Morgan fingerprint density at radius 3 is 2.06 bits per heavy atom. The number of carbonyl (C=O) groups is 1. The smallest absolute Gasteiger partial charge is 0.435 e. The van der Waals surface area contributed by atoms with Crippen molar-refractivity contribution in [2.75, 3.05) is 13.2 Å². The average Bonchev–Trinajstić information content (AvgIpc) is 3.22. The second-order valence-corrected chi connectivity index (χ2v) is 9.45. The minimum Gasteiger partial charge on any atom is -0.468 e. The molecule has 2 aromatic heterocycles. The van der Waals surface area contributed by atoms with Crippen LogP contribution in [-0.2, 0) is 39.7 Å². The summed E-state index contributed by atoms with van der Waals surface area (Å²) in [5.74, 6) is -4.59. The quantitative estimate of drug-likeness (QED) is 0.380. The summed E-state index contributed by atoms with van der Waals surface area (Å²) in [4.78, 5) is 13.4. The Morgan fingerprint density at radius 2 is 1.59 bits per heavy atom. The third kappa shape index (κ3) is 6.30. The molecule has 0 saturated heterocycles. The number of carbonyl (C=O) groups excluding carboxylic acids is 1. The van der Waals surface area contributed by atoms with Gasteiger partial charge in [-0.3, -0.25) is 0 Å². The number of nitrogens with zero attached hydrogens (tertiary/aromatic N) is 3. The van der Waals surface area contributed by atoms with E-state index in [2.05, 4.69) is 19.6 Å². The van der Waals surface area contributed by atoms with Crippen LogP contribution >= 0.6 is 11.3 Å². The number of aryl methyl sites for hydroxylation is 1. The van der Waals surface area contributed by atoms with Gasteiger partial charge in [0.1, 0.15) is 4.88 Å². The van der Waals surface area contributed by atoms with Crippen LogP contribution in [0.5, 0.6) is 5.88 Å². The largest absolute Gasteiger partial charge is 0.468 e. The molecular weight excluding hydrogens is 537 g/mol. The third-order valence-electron chi connectivity index (χ3n) is 3.67. The van der Waals surface area contributed by atoms with Crippen LogP contribution in [0.25, 0.3) is 0 Å². The van der Waals surface area contributed by atoms with E-state index in [0.29, 0.717) is 0 Å². The van der Waals surface area contributed by atoms with E-state index < -0.39 is 78.7 Å². The average molecular weight is 549 g/mol. The summed E-state index contributed by atoms with van der Waals surface area (Å²) in [5, 5.41) is 2.94. The van der Waals surface area contributed by atoms with E-state index in [-0.39, 0.29) is 22.6 Å². The first-order chi connectivity index (χ1) is 15.3. The van der Waals surface area contributed by atoms with Crippen LogP contribution in [0.2, 0.25) is 0 Å². The van der Waals surface area contributed by atoms with Crippen molar-refractivity contribution in [2.45, 2.75) is 35.5 Å². The molecule has 2 aromatic rings. The van der Waals surface area contributed by atoms with Crippen molar-refractivity contribution in [3.63, 3.8) is 0 Å². The van der Waals surface area contributed by atoms with Gasteiger partial charge in [0.15, 0.2) is 18.0 Å². The summed E-state index contributed by atoms with van der Waals surface area (Å²) in [6.07, 6.45) is -15.7. The summed E-state index contributed by atoms with van der Waals surface area (Å²) >= 11 is -0.319. The molecule has 0 fully saturated rings. The van der Waals surface area contributed by atoms with Gasteiger partial charge in [-0.2, -0.15) is 44.6 Å². The zero-order valence-corrected chi connectivity index (χ0v) is 18.4. The molecule has 2 rings (SSSR count). The molecule has 0 unspecified atom stereocenters. The highest BCUT2D eigenvalue weighted by Gasteiger charge is 2.44. The molecule has 0 spiro atoms. The molecule has 0 atom stereocenters. The Balaban J connectivity index is 2.61. The molecule has 0 N–H and O–H groups in total. The number of esters is 1. The maximum absolute atomic E-state index is 13.3. The zero-order chi connectivity index (χ0) is 26.3. The van der Waals surface area contributed by atoms with Gasteiger partial charge in [0.25, 0.3) is 0 Å². The molecule has 0 aliphatic rings. The minimum atomic E-state index is -5.36. The van der Waals surface area contributed by atoms with E-state index in [1.54, 1.807) is 0 Å². The van der Waals surface area contributed by atoms with Crippen LogP contribution in [0, 0.1) is 0 Å². The number of sulfone groups is 1. The van der Waals surface area contributed by atoms with E-state index in [4.69, 9.17) is 0 Å². The van der Waals surface area contributed by atoms with Crippen LogP contribution in [0.3, 0.4) is 0 Å². The number of ether oxygens (including phenoxy) is 2. The lowest BCUT2D eigenvalue weighted by molar-refractivity contribution is -0.154. The standard InChI is InChI=1S/C15H12F9N3O5S2/c1-3-31-11(28)7-9(15(22,23)24)25-12(33-7)34(29,30)4-6-8(14(19,20)21)26-27(2)10(6)32-5-13(16,17)18/h3-5H2,1-2H3. The van der Waals surface area contributed by atoms with Crippen LogP contribution in [0.4, 0.5) is 39.5 Å². The highest BCUT2D eigenvalue weighted by molar-refractivity contribution is 7.92. The van der Waals surface area contributed by atoms with Crippen LogP contribution in [0.15, 0.2) is 4.34 Å². The lowest BCUT2D eigenvalue weighted by Gasteiger charge is -2.12. The molecule has 0 amide bonds. The first kappa shape index (κ1) is 27.7. The highest BCUT2D eigenvalue weighted by atomic mass is 32.2. The molecule has 0 radical (unpaired) electrons. The van der Waals surface area contributed by atoms with Crippen molar-refractivity contribution in [2.24, 2.45) is 7.05 Å². The fourth-order valence-electron chi connectivity index (χ4n) is 2.45. The Labute approximate surface area is 188 Å². The molecule has 34 heavy (non-hydrogen) atoms. The van der Waals surface area contributed by atoms with Crippen LogP contribution in [0.1, 0.15) is 33.5 Å². The molecule has 19 heteroatoms. The lowest BCUT2D eigenvalue weighted by atomic mass is 10.2. The number of thiazole rings is 1. The summed E-state index contributed by atoms with van der Waals surface area (Å²) in [6, 6.07) is 0. The van der Waals surface area contributed by atoms with Crippen molar-refractivity contribution in [1.29, 1.82) is 0 Å². The topological polar surface area (TPSA) is 100 Å². The van der Waals surface area contributed by atoms with Gasteiger partial charge in [0.05, 0.1) is 17.9 Å². The molecule has 0 bridgehead atoms. The fourth-order valence-corrected chi connectivity index (χ4v) is 5.09. The molecule has 0 aliphatic heterocycles. The molecule has 0 aromatic carbocycles. The van der Waals surface area contributed by atoms with Crippen LogP contribution in [-0.4, -0.2) is 48.5 Å². The monoisotopic (exact) mass is 549 g/mol. The third-order valence-corrected chi connectivity index (χ3v) is 6.80. The maximum Gasteiger partial charge on any atom is 0.435 e. The summed E-state index contributed by atoms with van der Waals surface area (Å²) < 4.78 is 150. The molecule has 2 heterocycles. The van der Waals surface area contributed by atoms with Gasteiger partial charge in [0, 0.05) is 7.05 Å². The van der Waals surface area contributed by atoms with Crippen molar-refractivity contribution >= 4 is 27.1 Å². The molecule has 192 valence electrons. The van der Waals surface area contributed by atoms with E-state index in [1.165, 1.54) is 6.92 Å². The number of hydrogen-bond acceptors (Lipinski definition) is 8. The predicted octanol–water partition coefficient (Wildman–Crippen LogP) is 4.01. The van der Waals surface area contributed by atoms with Crippen molar-refractivity contribution < 1.29 is 62.2 Å². The maximum atomic E-state index is 13.3. The normalized spacial score (nSPS) is 13.3. The summed E-state index contributed by atoms with van der Waals surface area (Å²) in [7, 11) is -4.45. The van der Waals surface area contributed by atoms with Gasteiger partial charge in [-0.05, 0) is 6.92 Å². The minimum absolute atomic E-state index is 0.201. The van der Waals surface area contributed by atoms with Crippen molar-refractivity contribution in [3.8, 4) is 5.88 Å². The second-order valence-electron chi connectivity index (χ2n) is 6.29. The number of halogens is 9. The fraction of sp³-hybridized carbons (Fsp3) is 0.533. The first-order valence-electron chi connectivity index (χ1n) is 8.58. The molecule has 0 saturated carbocycles. The second kappa shape index (κ2) is 9.23.